The highest BCUT2D eigenvalue weighted by atomic mass is 35.5. The number of carbonyl (C=O) groups is 1. The van der Waals surface area contributed by atoms with Gasteiger partial charge in [0.1, 0.15) is 5.82 Å². The average molecular weight is 497 g/mol. The third-order valence-electron chi connectivity index (χ3n) is 5.32. The Kier molecular flexibility index (Phi) is 7.50. The first-order valence-corrected chi connectivity index (χ1v) is 12.3. The summed E-state index contributed by atoms with van der Waals surface area (Å²) in [5, 5.41) is 0.905. The van der Waals surface area contributed by atoms with Crippen molar-refractivity contribution in [2.24, 2.45) is 0 Å². The Balaban J connectivity index is 1.78. The monoisotopic (exact) mass is 496 g/mol. The molecule has 7 nitrogen and oxygen atoms in total. The maximum atomic E-state index is 12.7. The first-order valence-electron chi connectivity index (χ1n) is 10.1. The molecule has 0 fully saturated rings. The number of fused-ring (bicyclic) bond motifs is 1. The maximum absolute atomic E-state index is 12.7. The fraction of sp³-hybridized carbons (Fsp3) is 0.364. The second-order valence-corrected chi connectivity index (χ2v) is 10.6. The molecule has 0 N–H and O–H groups in total. The zero-order valence-corrected chi connectivity index (χ0v) is 20.8. The number of hydrogen-bond acceptors (Lipinski definition) is 4. The van der Waals surface area contributed by atoms with Gasteiger partial charge >= 0.3 is 0 Å². The average Bonchev–Trinajstić information content (AvgIpc) is 3.11. The number of hydrogen-bond donors (Lipinski definition) is 0. The largest absolute Gasteiger partial charge is 0.341 e. The molecule has 0 atom stereocenters. The van der Waals surface area contributed by atoms with Crippen molar-refractivity contribution in [2.75, 3.05) is 21.1 Å². The summed E-state index contributed by atoms with van der Waals surface area (Å²) in [5.41, 5.74) is 2.22. The molecular weight excluding hydrogens is 471 g/mol. The second kappa shape index (κ2) is 9.79. The Bertz CT molecular complexity index is 1260. The molecule has 0 unspecified atom stereocenters. The smallest absolute Gasteiger partial charge is 0.242 e. The summed E-state index contributed by atoms with van der Waals surface area (Å²) in [4.78, 5) is 19.1. The molecule has 0 saturated heterocycles. The van der Waals surface area contributed by atoms with Crippen LogP contribution in [0.3, 0.4) is 0 Å². The van der Waals surface area contributed by atoms with Crippen LogP contribution < -0.4 is 0 Å². The molecule has 32 heavy (non-hydrogen) atoms. The lowest BCUT2D eigenvalue weighted by Gasteiger charge is -2.18. The number of aryl methyl sites for hydroxylation is 2. The number of nitrogens with zero attached hydrogens (tertiary/aromatic N) is 4. The van der Waals surface area contributed by atoms with Crippen LogP contribution in [0.1, 0.15) is 24.7 Å². The first kappa shape index (κ1) is 24.5. The van der Waals surface area contributed by atoms with Crippen LogP contribution in [0, 0.1) is 0 Å². The van der Waals surface area contributed by atoms with E-state index in [0.717, 1.165) is 16.9 Å². The minimum absolute atomic E-state index is 0.0494. The minimum Gasteiger partial charge on any atom is -0.341 e. The van der Waals surface area contributed by atoms with Crippen molar-refractivity contribution in [1.29, 1.82) is 0 Å². The van der Waals surface area contributed by atoms with E-state index in [1.807, 2.05) is 17.6 Å². The highest BCUT2D eigenvalue weighted by Gasteiger charge is 2.20. The van der Waals surface area contributed by atoms with E-state index in [-0.39, 0.29) is 17.2 Å². The Hall–Kier alpha value is -2.13. The molecule has 1 aromatic heterocycles. The van der Waals surface area contributed by atoms with E-state index >= 15 is 0 Å². The molecule has 0 radical (unpaired) electrons. The molecule has 2 aromatic carbocycles. The summed E-state index contributed by atoms with van der Waals surface area (Å²) in [5.74, 6) is 0.691. The van der Waals surface area contributed by atoms with Crippen molar-refractivity contribution in [3.63, 3.8) is 0 Å². The summed E-state index contributed by atoms with van der Waals surface area (Å²) in [7, 11) is 1.16. The van der Waals surface area contributed by atoms with Crippen LogP contribution in [0.2, 0.25) is 10.0 Å². The van der Waals surface area contributed by atoms with Crippen LogP contribution in [0.15, 0.2) is 41.3 Å². The molecule has 10 heteroatoms. The molecule has 3 aromatic rings. The Morgan fingerprint density at radius 2 is 1.84 bits per heavy atom. The normalized spacial score (nSPS) is 12.0. The standard InChI is InChI=1S/C22H26Cl2N4O3S/c1-5-28-19-10-9-16(32(30,31)26(2)3)13-18(19)25-20(28)11-12-21(29)27(4)14-15-7-6-8-17(23)22(15)24/h6-10,13H,5,11-12,14H2,1-4H3. The van der Waals surface area contributed by atoms with E-state index in [1.54, 1.807) is 42.3 Å². The number of carbonyl (C=O) groups excluding carboxylic acids is 1. The molecule has 0 saturated carbocycles. The van der Waals surface area contributed by atoms with Gasteiger partial charge in [-0.05, 0) is 36.8 Å². The summed E-state index contributed by atoms with van der Waals surface area (Å²) in [6, 6.07) is 10.3. The lowest BCUT2D eigenvalue weighted by Crippen LogP contribution is -2.26. The summed E-state index contributed by atoms with van der Waals surface area (Å²) < 4.78 is 28.1. The van der Waals surface area contributed by atoms with Gasteiger partial charge in [-0.25, -0.2) is 17.7 Å². The number of sulfonamides is 1. The number of aromatic nitrogens is 2. The fourth-order valence-electron chi connectivity index (χ4n) is 3.50. The molecule has 0 aliphatic carbocycles. The minimum atomic E-state index is -3.55. The van der Waals surface area contributed by atoms with Crippen LogP contribution >= 0.6 is 23.2 Å². The van der Waals surface area contributed by atoms with Gasteiger partial charge in [0.15, 0.2) is 0 Å². The van der Waals surface area contributed by atoms with Gasteiger partial charge in [-0.3, -0.25) is 4.79 Å². The van der Waals surface area contributed by atoms with Crippen molar-refractivity contribution >= 4 is 50.2 Å². The summed E-state index contributed by atoms with van der Waals surface area (Å²) >= 11 is 12.3. The number of imidazole rings is 1. The van der Waals surface area contributed by atoms with Crippen molar-refractivity contribution in [3.05, 3.63) is 57.8 Å². The molecule has 1 heterocycles. The van der Waals surface area contributed by atoms with Crippen molar-refractivity contribution in [2.45, 2.75) is 37.8 Å². The number of amides is 1. The molecule has 0 spiro atoms. The molecular formula is C22H26Cl2N4O3S. The van der Waals surface area contributed by atoms with Gasteiger partial charge in [0.25, 0.3) is 0 Å². The van der Waals surface area contributed by atoms with Crippen LogP contribution in [0.25, 0.3) is 11.0 Å². The molecule has 172 valence electrons. The Morgan fingerprint density at radius 3 is 2.50 bits per heavy atom. The van der Waals surface area contributed by atoms with Gasteiger partial charge in [-0.15, -0.1) is 0 Å². The Morgan fingerprint density at radius 1 is 1.12 bits per heavy atom. The predicted octanol–water partition coefficient (Wildman–Crippen LogP) is 4.20. The zero-order valence-electron chi connectivity index (χ0n) is 18.5. The van der Waals surface area contributed by atoms with Gasteiger partial charge in [0.2, 0.25) is 15.9 Å². The van der Waals surface area contributed by atoms with Gasteiger partial charge in [-0.2, -0.15) is 0 Å². The Labute approximate surface area is 198 Å². The number of benzene rings is 2. The van der Waals surface area contributed by atoms with Crippen molar-refractivity contribution < 1.29 is 13.2 Å². The highest BCUT2D eigenvalue weighted by Crippen LogP contribution is 2.27. The number of halogens is 2. The maximum Gasteiger partial charge on any atom is 0.242 e. The molecule has 0 aliphatic heterocycles. The van der Waals surface area contributed by atoms with E-state index in [9.17, 15) is 13.2 Å². The van der Waals surface area contributed by atoms with E-state index in [1.165, 1.54) is 18.4 Å². The van der Waals surface area contributed by atoms with Crippen LogP contribution in [0.4, 0.5) is 0 Å². The van der Waals surface area contributed by atoms with Gasteiger partial charge < -0.3 is 9.47 Å². The SMILES string of the molecule is CCn1c(CCC(=O)N(C)Cc2cccc(Cl)c2Cl)nc2cc(S(=O)(=O)N(C)C)ccc21. The van der Waals surface area contributed by atoms with Crippen LogP contribution in [-0.2, 0) is 34.3 Å². The lowest BCUT2D eigenvalue weighted by molar-refractivity contribution is -0.130. The summed E-state index contributed by atoms with van der Waals surface area (Å²) in [6.45, 7) is 3.01. The van der Waals surface area contributed by atoms with Crippen molar-refractivity contribution in [1.82, 2.24) is 18.8 Å². The van der Waals surface area contributed by atoms with E-state index in [0.29, 0.717) is 35.1 Å². The van der Waals surface area contributed by atoms with E-state index in [2.05, 4.69) is 4.98 Å². The van der Waals surface area contributed by atoms with E-state index < -0.39 is 10.0 Å². The van der Waals surface area contributed by atoms with Gasteiger partial charge in [0.05, 0.1) is 26.0 Å². The third-order valence-corrected chi connectivity index (χ3v) is 7.99. The zero-order chi connectivity index (χ0) is 23.6. The second-order valence-electron chi connectivity index (χ2n) is 7.67. The van der Waals surface area contributed by atoms with Crippen LogP contribution in [-0.4, -0.2) is 54.2 Å². The highest BCUT2D eigenvalue weighted by molar-refractivity contribution is 7.89. The lowest BCUT2D eigenvalue weighted by atomic mass is 10.2. The van der Waals surface area contributed by atoms with Crippen LogP contribution in [0.5, 0.6) is 0 Å². The molecule has 3 rings (SSSR count). The molecule has 0 bridgehead atoms. The summed E-state index contributed by atoms with van der Waals surface area (Å²) in [6.07, 6.45) is 0.700. The topological polar surface area (TPSA) is 75.5 Å². The number of rotatable bonds is 8. The van der Waals surface area contributed by atoms with Gasteiger partial charge in [-0.1, -0.05) is 35.3 Å². The van der Waals surface area contributed by atoms with E-state index in [4.69, 9.17) is 23.2 Å². The first-order chi connectivity index (χ1) is 15.1. The van der Waals surface area contributed by atoms with Crippen molar-refractivity contribution in [3.8, 4) is 0 Å². The molecule has 0 aliphatic rings. The van der Waals surface area contributed by atoms with Gasteiger partial charge in [0, 0.05) is 47.1 Å². The quantitative estimate of drug-likeness (QED) is 0.468. The molecule has 1 amide bonds. The third kappa shape index (κ3) is 4.93. The predicted molar refractivity (Wildman–Crippen MR) is 128 cm³/mol. The fourth-order valence-corrected chi connectivity index (χ4v) is 4.80.